The summed E-state index contributed by atoms with van der Waals surface area (Å²) in [6.45, 7) is 8.25. The lowest BCUT2D eigenvalue weighted by Gasteiger charge is -2.33. The number of rotatable bonds is 3. The second-order valence-corrected chi connectivity index (χ2v) is 4.78. The van der Waals surface area contributed by atoms with Gasteiger partial charge < -0.3 is 10.5 Å². The van der Waals surface area contributed by atoms with Crippen LogP contribution in [0, 0.1) is 6.92 Å². The molecule has 0 amide bonds. The quantitative estimate of drug-likeness (QED) is 0.816. The number of morpholine rings is 1. The second-order valence-electron chi connectivity index (χ2n) is 4.78. The summed E-state index contributed by atoms with van der Waals surface area (Å²) in [7, 11) is 0. The van der Waals surface area contributed by atoms with Crippen LogP contribution in [-0.2, 0) is 4.74 Å². The number of aryl methyl sites for hydroxylation is 1. The Hall–Kier alpha value is -1.06. The van der Waals surface area contributed by atoms with Crippen LogP contribution in [-0.4, -0.2) is 31.1 Å². The van der Waals surface area contributed by atoms with Crippen molar-refractivity contribution in [2.75, 3.05) is 32.0 Å². The Morgan fingerprint density at radius 1 is 1.47 bits per heavy atom. The molecule has 3 heteroatoms. The van der Waals surface area contributed by atoms with Gasteiger partial charge in [0.2, 0.25) is 0 Å². The van der Waals surface area contributed by atoms with Gasteiger partial charge >= 0.3 is 0 Å². The van der Waals surface area contributed by atoms with Gasteiger partial charge in [-0.3, -0.25) is 4.90 Å². The van der Waals surface area contributed by atoms with E-state index in [-0.39, 0.29) is 6.10 Å². The number of hydrogen-bond acceptors (Lipinski definition) is 3. The van der Waals surface area contributed by atoms with E-state index >= 15 is 0 Å². The molecule has 1 aliphatic heterocycles. The highest BCUT2D eigenvalue weighted by atomic mass is 16.5. The first-order chi connectivity index (χ1) is 8.20. The zero-order chi connectivity index (χ0) is 12.3. The lowest BCUT2D eigenvalue weighted by molar-refractivity contribution is -0.0298. The summed E-state index contributed by atoms with van der Waals surface area (Å²) in [5.41, 5.74) is 9.15. The number of nitrogen functional groups attached to an aromatic ring is 1. The molecule has 1 aromatic carbocycles. The van der Waals surface area contributed by atoms with E-state index in [0.29, 0.717) is 0 Å². The average molecular weight is 234 g/mol. The summed E-state index contributed by atoms with van der Waals surface area (Å²) in [6, 6.07) is 6.26. The van der Waals surface area contributed by atoms with Crippen molar-refractivity contribution in [2.45, 2.75) is 26.4 Å². The number of nitrogens with zero attached hydrogens (tertiary/aromatic N) is 1. The van der Waals surface area contributed by atoms with Gasteiger partial charge in [-0.1, -0.05) is 19.1 Å². The molecule has 0 spiro atoms. The Kier molecular flexibility index (Phi) is 4.02. The van der Waals surface area contributed by atoms with E-state index in [1.165, 1.54) is 12.0 Å². The van der Waals surface area contributed by atoms with Gasteiger partial charge in [0, 0.05) is 18.8 Å². The Morgan fingerprint density at radius 2 is 2.29 bits per heavy atom. The molecule has 3 nitrogen and oxygen atoms in total. The van der Waals surface area contributed by atoms with Crippen molar-refractivity contribution in [3.63, 3.8) is 0 Å². The minimum Gasteiger partial charge on any atom is -0.399 e. The zero-order valence-electron chi connectivity index (χ0n) is 10.8. The first-order valence-corrected chi connectivity index (χ1v) is 6.40. The largest absolute Gasteiger partial charge is 0.399 e. The molecule has 2 rings (SSSR count). The van der Waals surface area contributed by atoms with Gasteiger partial charge in [-0.05, 0) is 37.1 Å². The molecule has 0 radical (unpaired) electrons. The van der Waals surface area contributed by atoms with Crippen molar-refractivity contribution < 1.29 is 4.74 Å². The Bertz CT molecular complexity index is 376. The molecular weight excluding hydrogens is 212 g/mol. The van der Waals surface area contributed by atoms with Crippen molar-refractivity contribution in [1.82, 2.24) is 4.90 Å². The fourth-order valence-corrected chi connectivity index (χ4v) is 2.28. The maximum Gasteiger partial charge on any atom is 0.0953 e. The van der Waals surface area contributed by atoms with Gasteiger partial charge in [0.05, 0.1) is 12.7 Å². The molecule has 17 heavy (non-hydrogen) atoms. The third-order valence-electron chi connectivity index (χ3n) is 3.37. The molecule has 1 heterocycles. The summed E-state index contributed by atoms with van der Waals surface area (Å²) >= 11 is 0. The molecule has 1 fully saturated rings. The Labute approximate surface area is 104 Å². The lowest BCUT2D eigenvalue weighted by Crippen LogP contribution is -2.38. The molecule has 1 saturated heterocycles. The van der Waals surface area contributed by atoms with Crippen molar-refractivity contribution in [2.24, 2.45) is 0 Å². The highest BCUT2D eigenvalue weighted by Crippen LogP contribution is 2.25. The maximum absolute atomic E-state index is 5.95. The first-order valence-electron chi connectivity index (χ1n) is 6.40. The van der Waals surface area contributed by atoms with Crippen molar-refractivity contribution in [3.05, 3.63) is 29.3 Å². The molecule has 1 aromatic rings. The molecule has 1 atom stereocenters. The van der Waals surface area contributed by atoms with E-state index in [4.69, 9.17) is 10.5 Å². The monoisotopic (exact) mass is 234 g/mol. The van der Waals surface area contributed by atoms with Crippen LogP contribution in [0.15, 0.2) is 18.2 Å². The molecule has 1 unspecified atom stereocenters. The first kappa shape index (κ1) is 12.4. The summed E-state index contributed by atoms with van der Waals surface area (Å²) in [4.78, 5) is 2.46. The topological polar surface area (TPSA) is 38.5 Å². The van der Waals surface area contributed by atoms with Crippen molar-refractivity contribution >= 4 is 5.69 Å². The minimum absolute atomic E-state index is 0.179. The maximum atomic E-state index is 5.95. The predicted molar refractivity (Wildman–Crippen MR) is 71.0 cm³/mol. The van der Waals surface area contributed by atoms with Gasteiger partial charge in [-0.2, -0.15) is 0 Å². The second kappa shape index (κ2) is 5.52. The van der Waals surface area contributed by atoms with Crippen molar-refractivity contribution in [1.29, 1.82) is 0 Å². The van der Waals surface area contributed by atoms with E-state index in [1.807, 2.05) is 6.92 Å². The van der Waals surface area contributed by atoms with E-state index < -0.39 is 0 Å². The molecule has 1 aliphatic rings. The fraction of sp³-hybridized carbons (Fsp3) is 0.571. The summed E-state index contributed by atoms with van der Waals surface area (Å²) in [5.74, 6) is 0. The van der Waals surface area contributed by atoms with Crippen LogP contribution in [0.1, 0.15) is 30.6 Å². The lowest BCUT2D eigenvalue weighted by atomic mass is 10.0. The fourth-order valence-electron chi connectivity index (χ4n) is 2.28. The molecule has 0 aromatic heterocycles. The van der Waals surface area contributed by atoms with Crippen molar-refractivity contribution in [3.8, 4) is 0 Å². The molecule has 0 saturated carbocycles. The highest BCUT2D eigenvalue weighted by Gasteiger charge is 2.21. The SMILES string of the molecule is CCCN1CCOC(c2ccc(C)c(N)c2)C1. The number of ether oxygens (including phenoxy) is 1. The number of anilines is 1. The smallest absolute Gasteiger partial charge is 0.0953 e. The van der Waals surface area contributed by atoms with Crippen LogP contribution in [0.2, 0.25) is 0 Å². The number of benzene rings is 1. The molecule has 2 N–H and O–H groups in total. The molecular formula is C14H22N2O. The average Bonchev–Trinajstić information content (AvgIpc) is 2.33. The van der Waals surface area contributed by atoms with E-state index in [1.54, 1.807) is 0 Å². The van der Waals surface area contributed by atoms with Crippen LogP contribution in [0.5, 0.6) is 0 Å². The van der Waals surface area contributed by atoms with E-state index in [9.17, 15) is 0 Å². The summed E-state index contributed by atoms with van der Waals surface area (Å²) in [5, 5.41) is 0. The van der Waals surface area contributed by atoms with Gasteiger partial charge in [0.25, 0.3) is 0 Å². The minimum atomic E-state index is 0.179. The third-order valence-corrected chi connectivity index (χ3v) is 3.37. The van der Waals surface area contributed by atoms with E-state index in [2.05, 4.69) is 30.0 Å². The Balaban J connectivity index is 2.08. The van der Waals surface area contributed by atoms with Crippen LogP contribution in [0.4, 0.5) is 5.69 Å². The molecule has 94 valence electrons. The highest BCUT2D eigenvalue weighted by molar-refractivity contribution is 5.48. The van der Waals surface area contributed by atoms with E-state index in [0.717, 1.165) is 37.5 Å². The Morgan fingerprint density at radius 3 is 3.00 bits per heavy atom. The van der Waals surface area contributed by atoms with Crippen LogP contribution in [0.25, 0.3) is 0 Å². The zero-order valence-corrected chi connectivity index (χ0v) is 10.8. The summed E-state index contributed by atoms with van der Waals surface area (Å²) < 4.78 is 5.84. The van der Waals surface area contributed by atoms with Gasteiger partial charge in [-0.15, -0.1) is 0 Å². The normalized spacial score (nSPS) is 21.6. The van der Waals surface area contributed by atoms with Crippen LogP contribution in [0.3, 0.4) is 0 Å². The number of nitrogens with two attached hydrogens (primary N) is 1. The predicted octanol–water partition coefficient (Wildman–Crippen LogP) is 2.36. The standard InChI is InChI=1S/C14H22N2O/c1-3-6-16-7-8-17-14(10-16)12-5-4-11(2)13(15)9-12/h4-5,9,14H,3,6-8,10,15H2,1-2H3. The molecule has 0 aliphatic carbocycles. The summed E-state index contributed by atoms with van der Waals surface area (Å²) in [6.07, 6.45) is 1.38. The third kappa shape index (κ3) is 2.99. The molecule has 0 bridgehead atoms. The van der Waals surface area contributed by atoms with Gasteiger partial charge in [-0.25, -0.2) is 0 Å². The van der Waals surface area contributed by atoms with Crippen LogP contribution < -0.4 is 5.73 Å². The van der Waals surface area contributed by atoms with Gasteiger partial charge in [0.15, 0.2) is 0 Å². The van der Waals surface area contributed by atoms with Gasteiger partial charge in [0.1, 0.15) is 0 Å². The van der Waals surface area contributed by atoms with Crippen LogP contribution >= 0.6 is 0 Å². The number of hydrogen-bond donors (Lipinski definition) is 1.